The summed E-state index contributed by atoms with van der Waals surface area (Å²) in [4.78, 5) is 2.28. The van der Waals surface area contributed by atoms with Crippen LogP contribution in [0, 0.1) is 5.92 Å². The minimum atomic E-state index is 0.445. The molecule has 2 rings (SSSR count). The number of nitrogens with zero attached hydrogens (tertiary/aromatic N) is 1. The van der Waals surface area contributed by atoms with Crippen molar-refractivity contribution in [1.29, 1.82) is 0 Å². The Kier molecular flexibility index (Phi) is 5.83. The molecule has 0 bridgehead atoms. The Morgan fingerprint density at radius 1 is 1.21 bits per heavy atom. The van der Waals surface area contributed by atoms with Gasteiger partial charge in [0.1, 0.15) is 0 Å². The molecule has 19 heavy (non-hydrogen) atoms. The third-order valence-electron chi connectivity index (χ3n) is 3.92. The SMILES string of the molecule is CN(C)C(CNCC1CCOCC1)c1ccccc1. The van der Waals surface area contributed by atoms with Crippen LogP contribution >= 0.6 is 0 Å². The summed E-state index contributed by atoms with van der Waals surface area (Å²) in [6, 6.07) is 11.2. The van der Waals surface area contributed by atoms with Gasteiger partial charge in [0.25, 0.3) is 0 Å². The van der Waals surface area contributed by atoms with E-state index in [9.17, 15) is 0 Å². The van der Waals surface area contributed by atoms with Gasteiger partial charge in [-0.05, 0) is 45.0 Å². The normalized spacial score (nSPS) is 18.7. The van der Waals surface area contributed by atoms with Gasteiger partial charge in [-0.1, -0.05) is 30.3 Å². The largest absolute Gasteiger partial charge is 0.381 e. The second-order valence-corrected chi connectivity index (χ2v) is 5.60. The zero-order chi connectivity index (χ0) is 13.5. The van der Waals surface area contributed by atoms with Gasteiger partial charge in [-0.3, -0.25) is 0 Å². The van der Waals surface area contributed by atoms with Crippen LogP contribution < -0.4 is 5.32 Å². The van der Waals surface area contributed by atoms with E-state index < -0.39 is 0 Å². The Morgan fingerprint density at radius 2 is 1.89 bits per heavy atom. The molecular weight excluding hydrogens is 236 g/mol. The Labute approximate surface area is 116 Å². The third kappa shape index (κ3) is 4.60. The van der Waals surface area contributed by atoms with Gasteiger partial charge in [-0.25, -0.2) is 0 Å². The van der Waals surface area contributed by atoms with Crippen LogP contribution in [0.4, 0.5) is 0 Å². The van der Waals surface area contributed by atoms with E-state index in [1.165, 1.54) is 18.4 Å². The molecule has 0 aliphatic carbocycles. The van der Waals surface area contributed by atoms with Gasteiger partial charge in [0.15, 0.2) is 0 Å². The third-order valence-corrected chi connectivity index (χ3v) is 3.92. The molecule has 0 spiro atoms. The highest BCUT2D eigenvalue weighted by Crippen LogP contribution is 2.18. The molecule has 1 fully saturated rings. The fourth-order valence-electron chi connectivity index (χ4n) is 2.65. The predicted molar refractivity (Wildman–Crippen MR) is 79.3 cm³/mol. The number of hydrogen-bond acceptors (Lipinski definition) is 3. The molecule has 1 aliphatic rings. The van der Waals surface area contributed by atoms with E-state index in [1.807, 2.05) is 0 Å². The van der Waals surface area contributed by atoms with Gasteiger partial charge >= 0.3 is 0 Å². The fraction of sp³-hybridized carbons (Fsp3) is 0.625. The zero-order valence-corrected chi connectivity index (χ0v) is 12.1. The molecule has 0 radical (unpaired) electrons. The van der Waals surface area contributed by atoms with E-state index in [0.717, 1.165) is 32.2 Å². The van der Waals surface area contributed by atoms with E-state index in [-0.39, 0.29) is 0 Å². The molecule has 0 amide bonds. The lowest BCUT2D eigenvalue weighted by Gasteiger charge is -2.27. The minimum Gasteiger partial charge on any atom is -0.381 e. The maximum absolute atomic E-state index is 5.40. The van der Waals surface area contributed by atoms with Crippen molar-refractivity contribution in [2.45, 2.75) is 18.9 Å². The quantitative estimate of drug-likeness (QED) is 0.851. The lowest BCUT2D eigenvalue weighted by molar-refractivity contribution is 0.0658. The van der Waals surface area contributed by atoms with Gasteiger partial charge in [0, 0.05) is 25.8 Å². The highest BCUT2D eigenvalue weighted by atomic mass is 16.5. The summed E-state index contributed by atoms with van der Waals surface area (Å²) in [7, 11) is 4.29. The average molecular weight is 262 g/mol. The molecule has 3 heteroatoms. The molecule has 0 saturated carbocycles. The number of rotatable bonds is 6. The molecule has 1 aromatic carbocycles. The predicted octanol–water partition coefficient (Wildman–Crippen LogP) is 2.31. The van der Waals surface area contributed by atoms with Crippen LogP contribution in [0.25, 0.3) is 0 Å². The second-order valence-electron chi connectivity index (χ2n) is 5.60. The van der Waals surface area contributed by atoms with Crippen LogP contribution in [0.15, 0.2) is 30.3 Å². The van der Waals surface area contributed by atoms with Crippen molar-refractivity contribution >= 4 is 0 Å². The molecule has 1 unspecified atom stereocenters. The smallest absolute Gasteiger partial charge is 0.0469 e. The lowest BCUT2D eigenvalue weighted by atomic mass is 10.00. The van der Waals surface area contributed by atoms with Crippen molar-refractivity contribution in [2.24, 2.45) is 5.92 Å². The molecule has 1 heterocycles. The first kappa shape index (κ1) is 14.5. The summed E-state index contributed by atoms with van der Waals surface area (Å²) in [5.41, 5.74) is 1.38. The topological polar surface area (TPSA) is 24.5 Å². The Bertz CT molecular complexity index is 347. The summed E-state index contributed by atoms with van der Waals surface area (Å²) >= 11 is 0. The van der Waals surface area contributed by atoms with Gasteiger partial charge in [-0.2, -0.15) is 0 Å². The van der Waals surface area contributed by atoms with E-state index in [4.69, 9.17) is 4.74 Å². The number of nitrogens with one attached hydrogen (secondary N) is 1. The van der Waals surface area contributed by atoms with Gasteiger partial charge in [0.05, 0.1) is 0 Å². The first-order chi connectivity index (χ1) is 9.27. The van der Waals surface area contributed by atoms with Crippen LogP contribution in [-0.4, -0.2) is 45.3 Å². The van der Waals surface area contributed by atoms with E-state index in [2.05, 4.69) is 54.6 Å². The summed E-state index contributed by atoms with van der Waals surface area (Å²) < 4.78 is 5.40. The Morgan fingerprint density at radius 3 is 2.53 bits per heavy atom. The zero-order valence-electron chi connectivity index (χ0n) is 12.1. The molecule has 1 aliphatic heterocycles. The molecule has 0 aromatic heterocycles. The molecule has 1 saturated heterocycles. The van der Waals surface area contributed by atoms with Crippen molar-refractivity contribution in [3.63, 3.8) is 0 Å². The molecule has 106 valence electrons. The number of ether oxygens (including phenoxy) is 1. The molecule has 1 atom stereocenters. The highest BCUT2D eigenvalue weighted by molar-refractivity contribution is 5.19. The molecule has 1 aromatic rings. The van der Waals surface area contributed by atoms with Crippen LogP contribution in [-0.2, 0) is 4.74 Å². The van der Waals surface area contributed by atoms with Crippen LogP contribution in [0.3, 0.4) is 0 Å². The number of benzene rings is 1. The van der Waals surface area contributed by atoms with Gasteiger partial charge in [-0.15, -0.1) is 0 Å². The Balaban J connectivity index is 1.80. The van der Waals surface area contributed by atoms with Crippen LogP contribution in [0.1, 0.15) is 24.4 Å². The van der Waals surface area contributed by atoms with Crippen molar-refractivity contribution in [3.8, 4) is 0 Å². The summed E-state index contributed by atoms with van der Waals surface area (Å²) in [5, 5.41) is 3.64. The van der Waals surface area contributed by atoms with Gasteiger partial charge < -0.3 is 15.0 Å². The maximum atomic E-state index is 5.40. The van der Waals surface area contributed by atoms with E-state index in [1.54, 1.807) is 0 Å². The van der Waals surface area contributed by atoms with Gasteiger partial charge in [0.2, 0.25) is 0 Å². The fourth-order valence-corrected chi connectivity index (χ4v) is 2.65. The van der Waals surface area contributed by atoms with E-state index in [0.29, 0.717) is 6.04 Å². The first-order valence-electron chi connectivity index (χ1n) is 7.27. The standard InChI is InChI=1S/C16H26N2O/c1-18(2)16(15-6-4-3-5-7-15)13-17-12-14-8-10-19-11-9-14/h3-7,14,16-17H,8-13H2,1-2H3. The van der Waals surface area contributed by atoms with Crippen LogP contribution in [0.2, 0.25) is 0 Å². The maximum Gasteiger partial charge on any atom is 0.0469 e. The molecular formula is C16H26N2O. The van der Waals surface area contributed by atoms with Crippen molar-refractivity contribution in [2.75, 3.05) is 40.4 Å². The summed E-state index contributed by atoms with van der Waals surface area (Å²) in [6.45, 7) is 3.99. The summed E-state index contributed by atoms with van der Waals surface area (Å²) in [6.07, 6.45) is 2.40. The Hall–Kier alpha value is -0.900. The summed E-state index contributed by atoms with van der Waals surface area (Å²) in [5.74, 6) is 0.785. The van der Waals surface area contributed by atoms with E-state index >= 15 is 0 Å². The molecule has 1 N–H and O–H groups in total. The average Bonchev–Trinajstić information content (AvgIpc) is 2.45. The number of likely N-dealkylation sites (N-methyl/N-ethyl adjacent to an activating group) is 1. The minimum absolute atomic E-state index is 0.445. The van der Waals surface area contributed by atoms with Crippen molar-refractivity contribution in [1.82, 2.24) is 10.2 Å². The van der Waals surface area contributed by atoms with Crippen LogP contribution in [0.5, 0.6) is 0 Å². The highest BCUT2D eigenvalue weighted by Gasteiger charge is 2.16. The lowest BCUT2D eigenvalue weighted by Crippen LogP contribution is -2.35. The van der Waals surface area contributed by atoms with Crippen molar-refractivity contribution < 1.29 is 4.74 Å². The molecule has 3 nitrogen and oxygen atoms in total. The first-order valence-corrected chi connectivity index (χ1v) is 7.27. The second kappa shape index (κ2) is 7.63. The van der Waals surface area contributed by atoms with Crippen molar-refractivity contribution in [3.05, 3.63) is 35.9 Å². The monoisotopic (exact) mass is 262 g/mol. The number of hydrogen-bond donors (Lipinski definition) is 1.